The summed E-state index contributed by atoms with van der Waals surface area (Å²) in [4.78, 5) is 12.8. The lowest BCUT2D eigenvalue weighted by molar-refractivity contribution is -0.126. The van der Waals surface area contributed by atoms with Gasteiger partial charge in [0, 0.05) is 5.02 Å². The van der Waals surface area contributed by atoms with Gasteiger partial charge in [0.15, 0.2) is 5.50 Å². The molecule has 29 heavy (non-hydrogen) atoms. The van der Waals surface area contributed by atoms with E-state index in [1.807, 2.05) is 0 Å². The summed E-state index contributed by atoms with van der Waals surface area (Å²) in [6.07, 6.45) is 0. The zero-order chi connectivity index (χ0) is 21.6. The van der Waals surface area contributed by atoms with E-state index in [0.29, 0.717) is 0 Å². The van der Waals surface area contributed by atoms with Gasteiger partial charge in [-0.1, -0.05) is 41.9 Å². The maximum atomic E-state index is 13.7. The largest absolute Gasteiger partial charge is 0.467 e. The Morgan fingerprint density at radius 2 is 1.79 bits per heavy atom. The molecule has 6 radical (unpaired) electrons. The Morgan fingerprint density at radius 1 is 1.17 bits per heavy atom. The first-order valence-electron chi connectivity index (χ1n) is 7.95. The van der Waals surface area contributed by atoms with Crippen LogP contribution in [0.3, 0.4) is 0 Å². The van der Waals surface area contributed by atoms with Crippen molar-refractivity contribution in [3.63, 3.8) is 0 Å². The number of hydrogen-bond acceptors (Lipinski definition) is 6. The molecule has 0 aliphatic carbocycles. The zero-order valence-corrected chi connectivity index (χ0v) is 16.2. The van der Waals surface area contributed by atoms with Gasteiger partial charge in [0.2, 0.25) is 17.4 Å². The molecule has 1 atom stereocenters. The predicted molar refractivity (Wildman–Crippen MR) is 106 cm³/mol. The minimum Gasteiger partial charge on any atom is -0.467 e. The summed E-state index contributed by atoms with van der Waals surface area (Å²) in [6.45, 7) is 0. The maximum Gasteiger partial charge on any atom is 0.302 e. The van der Waals surface area contributed by atoms with E-state index in [1.54, 1.807) is 6.07 Å². The van der Waals surface area contributed by atoms with Crippen LogP contribution in [0.25, 0.3) is 0 Å². The summed E-state index contributed by atoms with van der Waals surface area (Å²) < 4.78 is 46.4. The molecule has 2 aromatic carbocycles. The van der Waals surface area contributed by atoms with Crippen molar-refractivity contribution >= 4 is 51.0 Å². The minimum absolute atomic E-state index is 0.0125. The van der Waals surface area contributed by atoms with Gasteiger partial charge in [0.25, 0.3) is 0 Å². The van der Waals surface area contributed by atoms with E-state index in [1.165, 1.54) is 24.3 Å². The van der Waals surface area contributed by atoms with Crippen LogP contribution in [-0.2, 0) is 33.9 Å². The molecule has 0 unspecified atom stereocenters. The molecule has 0 spiro atoms. The summed E-state index contributed by atoms with van der Waals surface area (Å²) in [5.41, 5.74) is 3.02. The number of ether oxygens (including phenoxy) is 1. The van der Waals surface area contributed by atoms with Gasteiger partial charge in [-0.3, -0.25) is 4.79 Å². The van der Waals surface area contributed by atoms with E-state index in [-0.39, 0.29) is 16.1 Å². The van der Waals surface area contributed by atoms with Crippen LogP contribution in [0.5, 0.6) is 0 Å². The molecule has 6 nitrogen and oxygen atoms in total. The first-order valence-corrected chi connectivity index (χ1v) is 9.73. The van der Waals surface area contributed by atoms with Crippen LogP contribution in [0.15, 0.2) is 60.2 Å². The fourth-order valence-electron chi connectivity index (χ4n) is 2.61. The van der Waals surface area contributed by atoms with Crippen molar-refractivity contribution in [3.8, 4) is 0 Å². The lowest BCUT2D eigenvalue weighted by Gasteiger charge is -2.26. The molecule has 12 heteroatoms. The van der Waals surface area contributed by atoms with Crippen molar-refractivity contribution in [1.82, 2.24) is 0 Å². The van der Waals surface area contributed by atoms with Gasteiger partial charge >= 0.3 is 10.1 Å². The van der Waals surface area contributed by atoms with E-state index in [4.69, 9.17) is 49.8 Å². The molecule has 0 saturated heterocycles. The van der Waals surface area contributed by atoms with E-state index in [9.17, 15) is 17.6 Å². The highest BCUT2D eigenvalue weighted by atomic mass is 35.5. The Hall–Kier alpha value is -2.39. The molecule has 0 amide bonds. The lowest BCUT2D eigenvalue weighted by Crippen LogP contribution is -2.40. The molecule has 0 bridgehead atoms. The van der Waals surface area contributed by atoms with Crippen LogP contribution in [0, 0.1) is 5.82 Å². The molecular formula is C17H10B3ClFNO5S. The molecule has 3 rings (SSSR count). The quantitative estimate of drug-likeness (QED) is 0.566. The lowest BCUT2D eigenvalue weighted by atomic mass is 9.65. The molecular weight excluding hydrogens is 417 g/mol. The third kappa shape index (κ3) is 3.64. The Bertz CT molecular complexity index is 1110. The second-order valence-corrected chi connectivity index (χ2v) is 8.40. The molecule has 1 aliphatic rings. The van der Waals surface area contributed by atoms with Crippen LogP contribution in [-0.4, -0.2) is 37.7 Å². The molecule has 2 aromatic rings. The van der Waals surface area contributed by atoms with Crippen molar-refractivity contribution in [1.29, 1.82) is 0 Å². The van der Waals surface area contributed by atoms with Crippen molar-refractivity contribution in [2.24, 2.45) is 5.73 Å². The van der Waals surface area contributed by atoms with Crippen LogP contribution in [0.1, 0.15) is 11.1 Å². The molecule has 0 saturated carbocycles. The zero-order valence-electron chi connectivity index (χ0n) is 14.6. The number of Topliss-reactive ketones (excluding diaryl/α,β-unsaturated/α-hetero) is 1. The van der Waals surface area contributed by atoms with Gasteiger partial charge in [-0.15, -0.1) is 0 Å². The van der Waals surface area contributed by atoms with Crippen LogP contribution >= 0.6 is 11.6 Å². The summed E-state index contributed by atoms with van der Waals surface area (Å²) in [5, 5.41) is -0.0752. The predicted octanol–water partition coefficient (Wildman–Crippen LogP) is 1.02. The number of hydrogen-bond donors (Lipinski definition) is 1. The van der Waals surface area contributed by atoms with Crippen LogP contribution in [0.4, 0.5) is 4.39 Å². The summed E-state index contributed by atoms with van der Waals surface area (Å²) in [5.74, 6) is -3.68. The van der Waals surface area contributed by atoms with E-state index < -0.39 is 43.4 Å². The number of halogens is 2. The Morgan fingerprint density at radius 3 is 2.38 bits per heavy atom. The van der Waals surface area contributed by atoms with Gasteiger partial charge in [0.05, 0.1) is 20.2 Å². The third-order valence-electron chi connectivity index (χ3n) is 4.16. The average molecular weight is 427 g/mol. The van der Waals surface area contributed by atoms with Gasteiger partial charge in [-0.2, -0.15) is 8.42 Å². The molecule has 2 N–H and O–H groups in total. The smallest absolute Gasteiger partial charge is 0.302 e. The van der Waals surface area contributed by atoms with Gasteiger partial charge in [-0.25, -0.2) is 4.39 Å². The molecule has 0 fully saturated rings. The third-order valence-corrected chi connectivity index (χ3v) is 5.83. The number of nitrogens with two attached hydrogens (primary N) is 1. The first-order chi connectivity index (χ1) is 13.4. The average Bonchev–Trinajstić information content (AvgIpc) is 2.85. The molecule has 1 heterocycles. The summed E-state index contributed by atoms with van der Waals surface area (Å²) >= 11 is 5.78. The van der Waals surface area contributed by atoms with Crippen LogP contribution in [0.2, 0.25) is 5.02 Å². The topological polar surface area (TPSA) is 95.7 Å². The Kier molecular flexibility index (Phi) is 5.25. The summed E-state index contributed by atoms with van der Waals surface area (Å²) in [6, 6.07) is 10.4. The maximum absolute atomic E-state index is 13.7. The number of rotatable bonds is 5. The van der Waals surface area contributed by atoms with Crippen molar-refractivity contribution < 1.29 is 26.5 Å². The van der Waals surface area contributed by atoms with E-state index in [2.05, 4.69) is 0 Å². The highest BCUT2D eigenvalue weighted by Crippen LogP contribution is 2.38. The normalized spacial score (nSPS) is 19.9. The van der Waals surface area contributed by atoms with E-state index >= 15 is 0 Å². The van der Waals surface area contributed by atoms with Gasteiger partial charge in [0.1, 0.15) is 13.7 Å². The monoisotopic (exact) mass is 427 g/mol. The second kappa shape index (κ2) is 7.14. The van der Waals surface area contributed by atoms with Crippen molar-refractivity contribution in [3.05, 3.63) is 82.1 Å². The first kappa shape index (κ1) is 21.3. The van der Waals surface area contributed by atoms with E-state index in [0.717, 1.165) is 18.2 Å². The highest BCUT2D eigenvalue weighted by molar-refractivity contribution is 7.90. The van der Waals surface area contributed by atoms with Crippen LogP contribution < -0.4 is 5.73 Å². The number of carbonyl (C=O) groups is 1. The summed E-state index contributed by atoms with van der Waals surface area (Å²) in [7, 11) is 12.6. The van der Waals surface area contributed by atoms with Gasteiger partial charge in [-0.05, 0) is 29.3 Å². The number of ketones is 1. The fourth-order valence-corrected chi connectivity index (χ4v) is 3.77. The SMILES string of the molecule is [B]C([B])(c1ccccc1)S(=O)(=O)OC1=C(N)O[C@@]([B])(c2cc(F)cc(Cl)c2)C1=O. The fraction of sp³-hybridized carbons (Fsp3) is 0.118. The molecule has 142 valence electrons. The van der Waals surface area contributed by atoms with Crippen molar-refractivity contribution in [2.75, 3.05) is 0 Å². The molecule has 1 aliphatic heterocycles. The number of benzene rings is 2. The minimum atomic E-state index is -4.85. The standard InChI is InChI=1S/C17H10B3ClFNO5S/c18-16(10-6-11(21)8-12(22)7-10)14(24)13(15(23)27-16)28-29(25,26)17(19,20)9-4-2-1-3-5-9/h1-8H,23H2/t16-/m0/s1. The van der Waals surface area contributed by atoms with Crippen molar-refractivity contribution in [2.45, 2.75) is 10.0 Å². The number of carbonyl (C=O) groups excluding carboxylic acids is 1. The van der Waals surface area contributed by atoms with Gasteiger partial charge < -0.3 is 14.7 Å². The Labute approximate surface area is 175 Å². The Balaban J connectivity index is 1.96. The highest BCUT2D eigenvalue weighted by Gasteiger charge is 2.50. The molecule has 0 aromatic heterocycles. The second-order valence-electron chi connectivity index (χ2n) is 6.21.